The van der Waals surface area contributed by atoms with Gasteiger partial charge in [0.05, 0.1) is 6.04 Å². The first-order chi connectivity index (χ1) is 11.5. The summed E-state index contributed by atoms with van der Waals surface area (Å²) in [6, 6.07) is 7.87. The summed E-state index contributed by atoms with van der Waals surface area (Å²) in [7, 11) is 0. The first-order valence-corrected chi connectivity index (χ1v) is 9.59. The molecule has 0 heterocycles. The predicted octanol–water partition coefficient (Wildman–Crippen LogP) is 4.45. The Morgan fingerprint density at radius 2 is 1.83 bits per heavy atom. The third-order valence-corrected chi connectivity index (χ3v) is 4.35. The van der Waals surface area contributed by atoms with Crippen LogP contribution in [-0.4, -0.2) is 29.8 Å². The van der Waals surface area contributed by atoms with Gasteiger partial charge in [-0.1, -0.05) is 41.9 Å². The third-order valence-electron chi connectivity index (χ3n) is 3.86. The normalized spacial score (nSPS) is 11.8. The summed E-state index contributed by atoms with van der Waals surface area (Å²) in [6.07, 6.45) is 3.36. The lowest BCUT2D eigenvalue weighted by Gasteiger charge is -2.21. The Labute approximate surface area is 154 Å². The predicted molar refractivity (Wildman–Crippen MR) is 102 cm³/mol. The van der Waals surface area contributed by atoms with E-state index in [4.69, 9.17) is 0 Å². The second kappa shape index (κ2) is 11.2. The molecule has 0 aromatic heterocycles. The summed E-state index contributed by atoms with van der Waals surface area (Å²) in [5.41, 5.74) is 1.06. The molecule has 1 N–H and O–H groups in total. The van der Waals surface area contributed by atoms with Crippen molar-refractivity contribution in [3.8, 4) is 0 Å². The first-order valence-electron chi connectivity index (χ1n) is 8.80. The smallest absolute Gasteiger partial charge is 0.222 e. The number of nitrogens with one attached hydrogen (secondary N) is 1. The summed E-state index contributed by atoms with van der Waals surface area (Å²) in [4.78, 5) is 26.1. The van der Waals surface area contributed by atoms with E-state index in [0.29, 0.717) is 19.3 Å². The molecule has 4 nitrogen and oxygen atoms in total. The van der Waals surface area contributed by atoms with Crippen molar-refractivity contribution >= 4 is 27.7 Å². The Balaban J connectivity index is 2.36. The number of carbonyl (C=O) groups excluding carboxylic acids is 2. The molecule has 134 valence electrons. The van der Waals surface area contributed by atoms with Gasteiger partial charge >= 0.3 is 0 Å². The Bertz CT molecular complexity index is 528. The van der Waals surface area contributed by atoms with E-state index in [2.05, 4.69) is 35.1 Å². The van der Waals surface area contributed by atoms with Gasteiger partial charge in [0.25, 0.3) is 0 Å². The number of benzene rings is 1. The van der Waals surface area contributed by atoms with Gasteiger partial charge in [0.2, 0.25) is 11.8 Å². The van der Waals surface area contributed by atoms with Gasteiger partial charge in [0.1, 0.15) is 0 Å². The molecule has 0 saturated heterocycles. The Morgan fingerprint density at radius 3 is 2.42 bits per heavy atom. The molecule has 5 heteroatoms. The Morgan fingerprint density at radius 1 is 1.17 bits per heavy atom. The molecule has 2 amide bonds. The first kappa shape index (κ1) is 20.7. The van der Waals surface area contributed by atoms with Crippen molar-refractivity contribution in [3.05, 3.63) is 34.3 Å². The zero-order valence-electron chi connectivity index (χ0n) is 15.0. The fourth-order valence-electron chi connectivity index (χ4n) is 2.63. The summed E-state index contributed by atoms with van der Waals surface area (Å²) in [5.74, 6) is 0.152. The molecule has 0 saturated carbocycles. The van der Waals surface area contributed by atoms with Crippen LogP contribution < -0.4 is 5.32 Å². The molecule has 1 unspecified atom stereocenters. The van der Waals surface area contributed by atoms with E-state index < -0.39 is 0 Å². The van der Waals surface area contributed by atoms with Gasteiger partial charge in [-0.2, -0.15) is 0 Å². The van der Waals surface area contributed by atoms with Gasteiger partial charge in [-0.15, -0.1) is 0 Å². The average molecular weight is 397 g/mol. The molecule has 0 bridgehead atoms. The fourth-order valence-corrected chi connectivity index (χ4v) is 3.05. The molecule has 0 aliphatic carbocycles. The fraction of sp³-hybridized carbons (Fsp3) is 0.579. The van der Waals surface area contributed by atoms with Crippen LogP contribution >= 0.6 is 15.9 Å². The van der Waals surface area contributed by atoms with Gasteiger partial charge in [0.15, 0.2) is 0 Å². The highest BCUT2D eigenvalue weighted by molar-refractivity contribution is 9.10. The molecular formula is C19H29BrN2O2. The van der Waals surface area contributed by atoms with Crippen molar-refractivity contribution in [2.45, 2.75) is 58.9 Å². The van der Waals surface area contributed by atoms with Gasteiger partial charge in [-0.25, -0.2) is 0 Å². The largest absolute Gasteiger partial charge is 0.350 e. The van der Waals surface area contributed by atoms with E-state index in [9.17, 15) is 9.59 Å². The molecule has 0 fully saturated rings. The molecule has 1 rings (SSSR count). The third kappa shape index (κ3) is 7.47. The number of amides is 2. The summed E-state index contributed by atoms with van der Waals surface area (Å²) < 4.78 is 0.999. The quantitative estimate of drug-likeness (QED) is 0.634. The van der Waals surface area contributed by atoms with E-state index in [-0.39, 0.29) is 17.9 Å². The van der Waals surface area contributed by atoms with Crippen molar-refractivity contribution in [3.63, 3.8) is 0 Å². The average Bonchev–Trinajstić information content (AvgIpc) is 2.54. The highest BCUT2D eigenvalue weighted by Crippen LogP contribution is 2.18. The van der Waals surface area contributed by atoms with Crippen molar-refractivity contribution in [2.24, 2.45) is 0 Å². The molecule has 1 aromatic rings. The molecule has 0 radical (unpaired) electrons. The minimum Gasteiger partial charge on any atom is -0.350 e. The van der Waals surface area contributed by atoms with Gasteiger partial charge in [0, 0.05) is 30.4 Å². The van der Waals surface area contributed by atoms with E-state index in [1.807, 2.05) is 36.1 Å². The van der Waals surface area contributed by atoms with E-state index in [1.165, 1.54) is 0 Å². The van der Waals surface area contributed by atoms with Crippen molar-refractivity contribution in [1.82, 2.24) is 10.2 Å². The number of carbonyl (C=O) groups is 2. The lowest BCUT2D eigenvalue weighted by Crippen LogP contribution is -2.32. The van der Waals surface area contributed by atoms with Gasteiger partial charge < -0.3 is 10.2 Å². The van der Waals surface area contributed by atoms with Crippen LogP contribution in [0.5, 0.6) is 0 Å². The SMILES string of the molecule is CCCN(CCC)C(=O)CCCC(=O)NC(C)c1cccc(Br)c1. The van der Waals surface area contributed by atoms with Crippen molar-refractivity contribution in [2.75, 3.05) is 13.1 Å². The summed E-state index contributed by atoms with van der Waals surface area (Å²) >= 11 is 3.44. The topological polar surface area (TPSA) is 49.4 Å². The minimum absolute atomic E-state index is 0.00666. The van der Waals surface area contributed by atoms with Gasteiger partial charge in [-0.3, -0.25) is 9.59 Å². The van der Waals surface area contributed by atoms with Crippen LogP contribution in [0.25, 0.3) is 0 Å². The standard InChI is InChI=1S/C19H29BrN2O2/c1-4-12-22(13-5-2)19(24)11-7-10-18(23)21-15(3)16-8-6-9-17(20)14-16/h6,8-9,14-15H,4-5,7,10-13H2,1-3H3,(H,21,23). The molecule has 1 atom stereocenters. The monoisotopic (exact) mass is 396 g/mol. The molecule has 0 aliphatic rings. The number of halogens is 1. The number of nitrogens with zero attached hydrogens (tertiary/aromatic N) is 1. The van der Waals surface area contributed by atoms with E-state index in [1.54, 1.807) is 0 Å². The van der Waals surface area contributed by atoms with Crippen molar-refractivity contribution in [1.29, 1.82) is 0 Å². The maximum atomic E-state index is 12.2. The molecule has 0 spiro atoms. The second-order valence-electron chi connectivity index (χ2n) is 6.08. The van der Waals surface area contributed by atoms with E-state index in [0.717, 1.165) is 36.0 Å². The molecule has 1 aromatic carbocycles. The maximum absolute atomic E-state index is 12.2. The minimum atomic E-state index is -0.0395. The van der Waals surface area contributed by atoms with Crippen LogP contribution in [-0.2, 0) is 9.59 Å². The highest BCUT2D eigenvalue weighted by Gasteiger charge is 2.13. The van der Waals surface area contributed by atoms with Crippen LogP contribution in [0.4, 0.5) is 0 Å². The van der Waals surface area contributed by atoms with Crippen LogP contribution in [0.2, 0.25) is 0 Å². The Kier molecular flexibility index (Phi) is 9.69. The number of hydrogen-bond acceptors (Lipinski definition) is 2. The molecule has 0 aliphatic heterocycles. The number of rotatable bonds is 10. The second-order valence-corrected chi connectivity index (χ2v) is 6.99. The highest BCUT2D eigenvalue weighted by atomic mass is 79.9. The van der Waals surface area contributed by atoms with Crippen LogP contribution in [0, 0.1) is 0 Å². The van der Waals surface area contributed by atoms with E-state index >= 15 is 0 Å². The van der Waals surface area contributed by atoms with Crippen molar-refractivity contribution < 1.29 is 9.59 Å². The number of hydrogen-bond donors (Lipinski definition) is 1. The molecule has 24 heavy (non-hydrogen) atoms. The zero-order valence-corrected chi connectivity index (χ0v) is 16.6. The lowest BCUT2D eigenvalue weighted by atomic mass is 10.1. The summed E-state index contributed by atoms with van der Waals surface area (Å²) in [6.45, 7) is 7.73. The lowest BCUT2D eigenvalue weighted by molar-refractivity contribution is -0.131. The van der Waals surface area contributed by atoms with Gasteiger partial charge in [-0.05, 0) is 43.9 Å². The Hall–Kier alpha value is -1.36. The zero-order chi connectivity index (χ0) is 17.9. The maximum Gasteiger partial charge on any atom is 0.222 e. The summed E-state index contributed by atoms with van der Waals surface area (Å²) in [5, 5.41) is 2.99. The van der Waals surface area contributed by atoms with Crippen LogP contribution in [0.1, 0.15) is 64.5 Å². The van der Waals surface area contributed by atoms with Crippen LogP contribution in [0.3, 0.4) is 0 Å². The van der Waals surface area contributed by atoms with Crippen LogP contribution in [0.15, 0.2) is 28.7 Å². The molecular weight excluding hydrogens is 368 g/mol.